The Bertz CT molecular complexity index is 1200. The highest BCUT2D eigenvalue weighted by Gasteiger charge is 2.30. The van der Waals surface area contributed by atoms with Crippen molar-refractivity contribution in [2.24, 2.45) is 17.6 Å². The van der Waals surface area contributed by atoms with Crippen molar-refractivity contribution < 1.29 is 24.2 Å². The summed E-state index contributed by atoms with van der Waals surface area (Å²) in [5.41, 5.74) is 9.75. The number of carboxylic acid groups (broad SMARTS) is 1. The number of aryl methyl sites for hydroxylation is 1. The van der Waals surface area contributed by atoms with E-state index >= 15 is 0 Å². The quantitative estimate of drug-likeness (QED) is 0.244. The summed E-state index contributed by atoms with van der Waals surface area (Å²) in [6.45, 7) is 1.71. The average molecular weight is 522 g/mol. The minimum absolute atomic E-state index is 0.0987. The molecule has 0 bridgehead atoms. The summed E-state index contributed by atoms with van der Waals surface area (Å²) < 4.78 is 13.2. The molecule has 0 aliphatic rings. The summed E-state index contributed by atoms with van der Waals surface area (Å²) in [5, 5.41) is 9.15. The van der Waals surface area contributed by atoms with Crippen molar-refractivity contribution in [3.63, 3.8) is 0 Å². The number of ketones is 1. The highest BCUT2D eigenvalue weighted by molar-refractivity contribution is 7.58. The van der Waals surface area contributed by atoms with Crippen molar-refractivity contribution in [1.29, 1.82) is 0 Å². The molecule has 0 aliphatic carbocycles. The molecule has 0 spiro atoms. The van der Waals surface area contributed by atoms with Gasteiger partial charge in [0.05, 0.1) is 0 Å². The smallest absolute Gasteiger partial charge is 0.320 e. The number of hydrogen-bond donors (Lipinski definition) is 3. The molecule has 3 rings (SSSR count). The Labute approximate surface area is 219 Å². The van der Waals surface area contributed by atoms with Gasteiger partial charge >= 0.3 is 5.97 Å². The topological polar surface area (TPSA) is 118 Å². The lowest BCUT2D eigenvalue weighted by atomic mass is 9.89. The number of rotatable bonds is 14. The third-order valence-electron chi connectivity index (χ3n) is 6.84. The van der Waals surface area contributed by atoms with Gasteiger partial charge in [-0.05, 0) is 47.4 Å². The molecular formula is C30H36NO5P. The van der Waals surface area contributed by atoms with Crippen LogP contribution < -0.4 is 5.73 Å². The van der Waals surface area contributed by atoms with Gasteiger partial charge in [-0.25, -0.2) is 0 Å². The van der Waals surface area contributed by atoms with Crippen LogP contribution in [0.25, 0.3) is 11.1 Å². The molecule has 6 nitrogen and oxygen atoms in total. The first-order chi connectivity index (χ1) is 17.6. The Balaban J connectivity index is 1.72. The second-order valence-electron chi connectivity index (χ2n) is 9.80. The second kappa shape index (κ2) is 13.5. The summed E-state index contributed by atoms with van der Waals surface area (Å²) in [7, 11) is -3.58. The predicted molar refractivity (Wildman–Crippen MR) is 148 cm³/mol. The molecule has 0 aromatic heterocycles. The Morgan fingerprint density at radius 3 is 2.03 bits per heavy atom. The van der Waals surface area contributed by atoms with Gasteiger partial charge in [-0.15, -0.1) is 0 Å². The lowest BCUT2D eigenvalue weighted by Crippen LogP contribution is -2.37. The van der Waals surface area contributed by atoms with Crippen LogP contribution in [0.2, 0.25) is 0 Å². The van der Waals surface area contributed by atoms with Crippen LogP contribution in [-0.2, 0) is 27.0 Å². The second-order valence-corrected chi connectivity index (χ2v) is 12.3. The van der Waals surface area contributed by atoms with Gasteiger partial charge in [-0.3, -0.25) is 14.2 Å². The van der Waals surface area contributed by atoms with E-state index in [0.29, 0.717) is 19.3 Å². The van der Waals surface area contributed by atoms with E-state index in [1.807, 2.05) is 84.9 Å². The van der Waals surface area contributed by atoms with Crippen LogP contribution in [0, 0.1) is 11.8 Å². The fourth-order valence-electron chi connectivity index (χ4n) is 4.41. The van der Waals surface area contributed by atoms with E-state index in [9.17, 15) is 19.0 Å². The molecule has 4 N–H and O–H groups in total. The van der Waals surface area contributed by atoms with E-state index < -0.39 is 25.3 Å². The van der Waals surface area contributed by atoms with E-state index in [4.69, 9.17) is 10.8 Å². The van der Waals surface area contributed by atoms with Gasteiger partial charge in [0.25, 0.3) is 0 Å². The predicted octanol–water partition coefficient (Wildman–Crippen LogP) is 5.42. The first-order valence-electron chi connectivity index (χ1n) is 12.6. The van der Waals surface area contributed by atoms with Gasteiger partial charge in [0.15, 0.2) is 0 Å². The van der Waals surface area contributed by atoms with E-state index in [1.165, 1.54) is 0 Å². The van der Waals surface area contributed by atoms with E-state index in [1.54, 1.807) is 6.92 Å². The summed E-state index contributed by atoms with van der Waals surface area (Å²) in [4.78, 5) is 35.3. The van der Waals surface area contributed by atoms with Crippen molar-refractivity contribution in [2.75, 3.05) is 12.3 Å². The third-order valence-corrected chi connectivity index (χ3v) is 8.77. The van der Waals surface area contributed by atoms with Crippen LogP contribution in [0.3, 0.4) is 0 Å². The minimum Gasteiger partial charge on any atom is -0.480 e. The molecule has 0 fully saturated rings. The van der Waals surface area contributed by atoms with Crippen LogP contribution in [0.4, 0.5) is 0 Å². The molecule has 3 aromatic carbocycles. The molecule has 0 aliphatic heterocycles. The van der Waals surface area contributed by atoms with Gasteiger partial charge in [0, 0.05) is 24.7 Å². The molecule has 0 saturated carbocycles. The van der Waals surface area contributed by atoms with Crippen molar-refractivity contribution in [2.45, 2.75) is 38.6 Å². The molecule has 0 radical (unpaired) electrons. The molecule has 4 atom stereocenters. The molecule has 0 heterocycles. The van der Waals surface area contributed by atoms with Crippen molar-refractivity contribution in [1.82, 2.24) is 0 Å². The molecule has 0 saturated heterocycles. The van der Waals surface area contributed by atoms with Gasteiger partial charge in [0.2, 0.25) is 7.37 Å². The molecule has 3 aromatic rings. The zero-order valence-electron chi connectivity index (χ0n) is 21.2. The molecule has 0 amide bonds. The minimum atomic E-state index is -3.58. The fraction of sp³-hybridized carbons (Fsp3) is 0.333. The number of hydrogen-bond acceptors (Lipinski definition) is 4. The Morgan fingerprint density at radius 1 is 0.865 bits per heavy atom. The van der Waals surface area contributed by atoms with Crippen LogP contribution >= 0.6 is 7.37 Å². The lowest BCUT2D eigenvalue weighted by molar-refractivity contribution is -0.140. The van der Waals surface area contributed by atoms with Gasteiger partial charge in [0.1, 0.15) is 11.8 Å². The first kappa shape index (κ1) is 28.5. The summed E-state index contributed by atoms with van der Waals surface area (Å²) in [6.07, 6.45) is 1.25. The first-order valence-corrected chi connectivity index (χ1v) is 14.7. The monoisotopic (exact) mass is 521 g/mol. The Morgan fingerprint density at radius 2 is 1.43 bits per heavy atom. The van der Waals surface area contributed by atoms with Crippen LogP contribution in [0.1, 0.15) is 30.9 Å². The van der Waals surface area contributed by atoms with Gasteiger partial charge < -0.3 is 15.7 Å². The molecule has 196 valence electrons. The molecular weight excluding hydrogens is 485 g/mol. The zero-order chi connectivity index (χ0) is 26.8. The summed E-state index contributed by atoms with van der Waals surface area (Å²) in [5.74, 6) is -2.25. The highest BCUT2D eigenvalue weighted by atomic mass is 31.2. The number of benzene rings is 3. The lowest BCUT2D eigenvalue weighted by Gasteiger charge is -2.22. The maximum absolute atomic E-state index is 13.3. The summed E-state index contributed by atoms with van der Waals surface area (Å²) >= 11 is 0. The average Bonchev–Trinajstić information content (AvgIpc) is 2.91. The number of carbonyl (C=O) groups excluding carboxylic acids is 1. The summed E-state index contributed by atoms with van der Waals surface area (Å²) in [6, 6.07) is 26.3. The highest BCUT2D eigenvalue weighted by Crippen LogP contribution is 2.44. The van der Waals surface area contributed by atoms with Crippen LogP contribution in [-0.4, -0.2) is 40.1 Å². The fourth-order valence-corrected chi connectivity index (χ4v) is 6.22. The van der Waals surface area contributed by atoms with E-state index in [2.05, 4.69) is 0 Å². The Hall–Kier alpha value is -3.05. The number of carboxylic acids is 1. The molecule has 7 heteroatoms. The zero-order valence-corrected chi connectivity index (χ0v) is 22.1. The molecule has 1 unspecified atom stereocenters. The number of Topliss-reactive ketones (excluding diaryl/α,β-unsaturated/α-hetero) is 1. The molecule has 37 heavy (non-hydrogen) atoms. The third kappa shape index (κ3) is 9.08. The van der Waals surface area contributed by atoms with Crippen molar-refractivity contribution in [3.05, 3.63) is 96.1 Å². The number of nitrogens with two attached hydrogens (primary N) is 1. The number of carbonyl (C=O) groups is 2. The van der Waals surface area contributed by atoms with Crippen LogP contribution in [0.5, 0.6) is 0 Å². The largest absolute Gasteiger partial charge is 0.480 e. The maximum atomic E-state index is 13.3. The standard InChI is InChI=1S/C30H36NO5P/c1-22(29(31)30(33)34)12-17-28(32)27(21-37(35,36)19-18-23-8-4-2-5-9-23)20-24-13-15-26(16-14-24)25-10-6-3-7-11-25/h2-11,13-16,22,27,29H,12,17-21,31H2,1H3,(H,33,34)(H,35,36)/t22-,27+,29-/m0/s1. The Kier molecular flexibility index (Phi) is 10.4. The number of aliphatic carboxylic acids is 1. The SMILES string of the molecule is C[C@@H](CCC(=O)[C@H](Cc1ccc(-c2ccccc2)cc1)CP(=O)(O)CCc1ccccc1)[C@H](N)C(=O)O. The van der Waals surface area contributed by atoms with Crippen LogP contribution in [0.15, 0.2) is 84.9 Å². The van der Waals surface area contributed by atoms with E-state index in [-0.39, 0.29) is 30.4 Å². The van der Waals surface area contributed by atoms with E-state index in [0.717, 1.165) is 22.3 Å². The van der Waals surface area contributed by atoms with Gasteiger partial charge in [-0.2, -0.15) is 0 Å². The van der Waals surface area contributed by atoms with Crippen molar-refractivity contribution >= 4 is 19.1 Å². The normalized spacial score (nSPS) is 15.3. The van der Waals surface area contributed by atoms with Gasteiger partial charge in [-0.1, -0.05) is 91.9 Å². The maximum Gasteiger partial charge on any atom is 0.320 e. The van der Waals surface area contributed by atoms with Crippen molar-refractivity contribution in [3.8, 4) is 11.1 Å².